The third kappa shape index (κ3) is 8.01. The van der Waals surface area contributed by atoms with Crippen molar-refractivity contribution in [2.45, 2.75) is 33.7 Å². The second-order valence-electron chi connectivity index (χ2n) is 4.49. The molecule has 3 unspecified atom stereocenters. The Morgan fingerprint density at radius 3 is 1.67 bits per heavy atom. The zero-order valence-electron chi connectivity index (χ0n) is 11.1. The minimum Gasteiger partial charge on any atom is -0.234 e. The third-order valence-corrected chi connectivity index (χ3v) is 9.51. The number of aromatic nitrogens is 3. The number of hydrogen-bond acceptors (Lipinski definition) is 3. The highest BCUT2D eigenvalue weighted by Crippen LogP contribution is 2.18. The minimum atomic E-state index is 0.320. The third-order valence-electron chi connectivity index (χ3n) is 2.62. The fourth-order valence-electron chi connectivity index (χ4n) is 1.61. The average molecular weight is 681 g/mol. The number of hydrogen-bond donors (Lipinski definition) is 0. The van der Waals surface area contributed by atoms with Gasteiger partial charge in [-0.1, -0.05) is 95.6 Å². The molecule has 21 heavy (non-hydrogen) atoms. The number of rotatable bonds is 9. The van der Waals surface area contributed by atoms with Crippen molar-refractivity contribution in [3.63, 3.8) is 0 Å². The van der Waals surface area contributed by atoms with Gasteiger partial charge in [0.15, 0.2) is 5.82 Å². The van der Waals surface area contributed by atoms with E-state index in [0.717, 1.165) is 52.5 Å². The van der Waals surface area contributed by atoms with E-state index in [1.165, 1.54) is 0 Å². The first-order valence-electron chi connectivity index (χ1n) is 6.31. The van der Waals surface area contributed by atoms with Crippen molar-refractivity contribution in [3.8, 4) is 0 Å². The van der Waals surface area contributed by atoms with E-state index in [2.05, 4.69) is 106 Å². The van der Waals surface area contributed by atoms with E-state index in [4.69, 9.17) is 4.98 Å². The zero-order valence-corrected chi connectivity index (χ0v) is 20.6. The van der Waals surface area contributed by atoms with Crippen molar-refractivity contribution >= 4 is 95.6 Å². The van der Waals surface area contributed by atoms with E-state index in [9.17, 15) is 0 Å². The van der Waals surface area contributed by atoms with E-state index in [1.54, 1.807) is 0 Å². The Balaban J connectivity index is 2.95. The van der Waals surface area contributed by atoms with Crippen LogP contribution in [0.5, 0.6) is 0 Å². The Morgan fingerprint density at radius 2 is 1.14 bits per heavy atom. The maximum absolute atomic E-state index is 4.72. The lowest BCUT2D eigenvalue weighted by Gasteiger charge is -2.13. The molecular weight excluding hydrogens is 666 g/mol. The van der Waals surface area contributed by atoms with Gasteiger partial charge in [-0.2, -0.15) is 5.10 Å². The molecule has 1 heterocycles. The smallest absolute Gasteiger partial charge is 0.152 e. The molecule has 0 fully saturated rings. The lowest BCUT2D eigenvalue weighted by atomic mass is 10.1. The normalized spacial score (nSPS) is 15.7. The Labute approximate surface area is 176 Å². The van der Waals surface area contributed by atoms with Gasteiger partial charge >= 0.3 is 0 Å². The maximum atomic E-state index is 4.72. The van der Waals surface area contributed by atoms with Gasteiger partial charge in [0.2, 0.25) is 0 Å². The van der Waals surface area contributed by atoms with Crippen LogP contribution < -0.4 is 0 Å². The highest BCUT2D eigenvalue weighted by Gasteiger charge is 2.17. The SMILES string of the molecule is BrCC(Br)Cc1nnc(CC(Br)CBr)c(CC(Br)CBr)n1. The molecule has 0 aliphatic carbocycles. The van der Waals surface area contributed by atoms with Crippen LogP contribution in [0.4, 0.5) is 0 Å². The van der Waals surface area contributed by atoms with Crippen molar-refractivity contribution < 1.29 is 0 Å². The molecule has 120 valence electrons. The van der Waals surface area contributed by atoms with Crippen LogP contribution in [0.1, 0.15) is 17.2 Å². The highest BCUT2D eigenvalue weighted by molar-refractivity contribution is 9.12. The van der Waals surface area contributed by atoms with Crippen LogP contribution in [0.2, 0.25) is 0 Å². The van der Waals surface area contributed by atoms with Crippen molar-refractivity contribution in [1.29, 1.82) is 0 Å². The molecule has 0 aliphatic heterocycles. The monoisotopic (exact) mass is 675 g/mol. The average Bonchev–Trinajstić information content (AvgIpc) is 2.49. The summed E-state index contributed by atoms with van der Waals surface area (Å²) in [4.78, 5) is 5.72. The molecule has 1 aromatic rings. The lowest BCUT2D eigenvalue weighted by Crippen LogP contribution is -2.18. The number of nitrogens with zero attached hydrogens (tertiary/aromatic N) is 3. The lowest BCUT2D eigenvalue weighted by molar-refractivity contribution is 0.723. The molecule has 0 radical (unpaired) electrons. The van der Waals surface area contributed by atoms with Gasteiger partial charge in [-0.25, -0.2) is 4.98 Å². The second-order valence-corrected chi connectivity index (χ2v) is 10.3. The standard InChI is InChI=1S/C12H15Br6N3/c13-4-7(16)1-10-11(2-8(17)5-14)20-21-12(19-10)3-9(18)6-15/h7-9H,1-6H2. The summed E-state index contributed by atoms with van der Waals surface area (Å²) in [5, 5.41) is 11.3. The molecule has 0 saturated carbocycles. The fourth-order valence-corrected chi connectivity index (χ4v) is 3.20. The molecule has 0 N–H and O–H groups in total. The maximum Gasteiger partial charge on any atom is 0.152 e. The van der Waals surface area contributed by atoms with E-state index in [1.807, 2.05) is 0 Å². The topological polar surface area (TPSA) is 38.7 Å². The molecule has 1 aromatic heterocycles. The van der Waals surface area contributed by atoms with E-state index < -0.39 is 0 Å². The molecular formula is C12H15Br6N3. The Morgan fingerprint density at radius 1 is 0.667 bits per heavy atom. The Kier molecular flexibility index (Phi) is 11.4. The fraction of sp³-hybridized carbons (Fsp3) is 0.750. The minimum absolute atomic E-state index is 0.320. The van der Waals surface area contributed by atoms with E-state index >= 15 is 0 Å². The van der Waals surface area contributed by atoms with E-state index in [0.29, 0.717) is 14.5 Å². The van der Waals surface area contributed by atoms with Crippen LogP contribution in [0.15, 0.2) is 0 Å². The van der Waals surface area contributed by atoms with Crippen molar-refractivity contribution in [3.05, 3.63) is 17.2 Å². The van der Waals surface area contributed by atoms with Gasteiger partial charge in [0.25, 0.3) is 0 Å². The molecule has 0 bridgehead atoms. The molecule has 0 aromatic carbocycles. The van der Waals surface area contributed by atoms with Crippen LogP contribution in [0.3, 0.4) is 0 Å². The van der Waals surface area contributed by atoms with Gasteiger partial charge in [-0.05, 0) is 0 Å². The van der Waals surface area contributed by atoms with Gasteiger partial charge in [0.1, 0.15) is 0 Å². The summed E-state index contributed by atoms with van der Waals surface area (Å²) >= 11 is 21.3. The van der Waals surface area contributed by atoms with Gasteiger partial charge < -0.3 is 0 Å². The predicted octanol–water partition coefficient (Wildman–Crippen LogP) is 4.97. The zero-order chi connectivity index (χ0) is 15.8. The Hall–Kier alpha value is 1.89. The van der Waals surface area contributed by atoms with Crippen LogP contribution >= 0.6 is 95.6 Å². The predicted molar refractivity (Wildman–Crippen MR) is 110 cm³/mol. The van der Waals surface area contributed by atoms with Crippen LogP contribution in [-0.4, -0.2) is 45.7 Å². The highest BCUT2D eigenvalue weighted by atomic mass is 79.9. The molecule has 9 heteroatoms. The summed E-state index contributed by atoms with van der Waals surface area (Å²) in [6.07, 6.45) is 2.43. The molecule has 0 amide bonds. The quantitative estimate of drug-likeness (QED) is 0.346. The first kappa shape index (κ1) is 20.9. The number of halogens is 6. The summed E-state index contributed by atoms with van der Waals surface area (Å²) < 4.78 is 0. The van der Waals surface area contributed by atoms with Crippen molar-refractivity contribution in [2.75, 3.05) is 16.0 Å². The first-order chi connectivity index (χ1) is 9.99. The van der Waals surface area contributed by atoms with Gasteiger partial charge in [-0.3, -0.25) is 0 Å². The first-order valence-corrected chi connectivity index (χ1v) is 12.4. The molecule has 0 aliphatic rings. The summed E-state index contributed by atoms with van der Waals surface area (Å²) in [5.74, 6) is 0.786. The van der Waals surface area contributed by atoms with Gasteiger partial charge in [0, 0.05) is 49.7 Å². The molecule has 0 saturated heterocycles. The summed E-state index contributed by atoms with van der Waals surface area (Å²) in [6.45, 7) is 0. The van der Waals surface area contributed by atoms with Gasteiger partial charge in [0.05, 0.1) is 11.4 Å². The Bertz CT molecular complexity index is 433. The molecule has 0 spiro atoms. The second kappa shape index (κ2) is 11.4. The summed E-state index contributed by atoms with van der Waals surface area (Å²) in [6, 6.07) is 0. The summed E-state index contributed by atoms with van der Waals surface area (Å²) in [5.41, 5.74) is 2.00. The van der Waals surface area contributed by atoms with Crippen molar-refractivity contribution in [1.82, 2.24) is 15.2 Å². The summed E-state index contributed by atoms with van der Waals surface area (Å²) in [7, 11) is 0. The van der Waals surface area contributed by atoms with E-state index in [-0.39, 0.29) is 0 Å². The van der Waals surface area contributed by atoms with Crippen molar-refractivity contribution in [2.24, 2.45) is 0 Å². The van der Waals surface area contributed by atoms with Crippen LogP contribution in [0.25, 0.3) is 0 Å². The molecule has 1 rings (SSSR count). The van der Waals surface area contributed by atoms with Gasteiger partial charge in [-0.15, -0.1) is 5.10 Å². The number of alkyl halides is 6. The largest absolute Gasteiger partial charge is 0.234 e. The molecule has 3 nitrogen and oxygen atoms in total. The van der Waals surface area contributed by atoms with Crippen LogP contribution in [-0.2, 0) is 19.3 Å². The molecule has 3 atom stereocenters. The van der Waals surface area contributed by atoms with Crippen LogP contribution in [0, 0.1) is 0 Å².